The lowest BCUT2D eigenvalue weighted by molar-refractivity contribution is -0.146. The zero-order valence-electron chi connectivity index (χ0n) is 14.5. The third kappa shape index (κ3) is 2.41. The molecule has 2 bridgehead atoms. The maximum Gasteiger partial charge on any atom is 0.248 e. The molecule has 0 aromatic carbocycles. The molecule has 1 aromatic heterocycles. The summed E-state index contributed by atoms with van der Waals surface area (Å²) in [5.74, 6) is -1.63. The first-order chi connectivity index (χ1) is 12.5. The molecule has 1 aromatic rings. The standard InChI is InChI=1S/C19H21N3O4/c1-2-12(17(24)21-16-13(23)4-3-9-20-16)22-18(25)14-10-5-6-11(8-7-10)15(14)19(22)26/h3-6,9-12,14-15,23H,2,7-8H2,1H3,(H,20,21,24)/t10-,11-,12-,14-,15+/m0/s1. The number of likely N-dealkylation sites (tertiary alicyclic amines) is 1. The number of aromatic hydroxyl groups is 1. The highest BCUT2D eigenvalue weighted by Gasteiger charge is 2.58. The highest BCUT2D eigenvalue weighted by Crippen LogP contribution is 2.50. The van der Waals surface area contributed by atoms with Crippen molar-refractivity contribution in [1.82, 2.24) is 9.88 Å². The quantitative estimate of drug-likeness (QED) is 0.633. The Hall–Kier alpha value is -2.70. The van der Waals surface area contributed by atoms with E-state index < -0.39 is 11.9 Å². The monoisotopic (exact) mass is 355 g/mol. The first kappa shape index (κ1) is 16.8. The molecule has 26 heavy (non-hydrogen) atoms. The summed E-state index contributed by atoms with van der Waals surface area (Å²) in [5.41, 5.74) is 0. The first-order valence-corrected chi connectivity index (χ1v) is 9.03. The first-order valence-electron chi connectivity index (χ1n) is 9.03. The van der Waals surface area contributed by atoms with Crippen LogP contribution in [0.1, 0.15) is 26.2 Å². The van der Waals surface area contributed by atoms with Crippen molar-refractivity contribution in [1.29, 1.82) is 0 Å². The predicted molar refractivity (Wildman–Crippen MR) is 92.8 cm³/mol. The molecule has 0 spiro atoms. The lowest BCUT2D eigenvalue weighted by Crippen LogP contribution is -2.47. The number of nitrogens with zero attached hydrogens (tertiary/aromatic N) is 2. The van der Waals surface area contributed by atoms with E-state index in [2.05, 4.69) is 22.5 Å². The number of pyridine rings is 1. The summed E-state index contributed by atoms with van der Waals surface area (Å²) < 4.78 is 0. The smallest absolute Gasteiger partial charge is 0.248 e. The van der Waals surface area contributed by atoms with E-state index in [0.717, 1.165) is 17.7 Å². The second-order valence-corrected chi connectivity index (χ2v) is 7.17. The van der Waals surface area contributed by atoms with Crippen molar-refractivity contribution in [3.8, 4) is 5.75 Å². The lowest BCUT2D eigenvalue weighted by atomic mass is 9.63. The number of nitrogens with one attached hydrogen (secondary N) is 1. The minimum Gasteiger partial charge on any atom is -0.504 e. The number of fused-ring (bicyclic) bond motifs is 1. The Morgan fingerprint density at radius 3 is 2.38 bits per heavy atom. The minimum absolute atomic E-state index is 0.0224. The molecule has 2 fully saturated rings. The largest absolute Gasteiger partial charge is 0.504 e. The second-order valence-electron chi connectivity index (χ2n) is 7.17. The molecule has 136 valence electrons. The fourth-order valence-electron chi connectivity index (χ4n) is 4.58. The SMILES string of the molecule is CC[C@@H](C(=O)Nc1ncccc1O)N1C(=O)[C@@H]2[C@H](C1=O)[C@H]1C=C[C@H]2CC1. The van der Waals surface area contributed by atoms with Gasteiger partial charge in [-0.25, -0.2) is 4.98 Å². The Labute approximate surface area is 151 Å². The van der Waals surface area contributed by atoms with Gasteiger partial charge in [0.05, 0.1) is 11.8 Å². The Kier molecular flexibility index (Phi) is 4.01. The summed E-state index contributed by atoms with van der Waals surface area (Å²) in [7, 11) is 0. The maximum absolute atomic E-state index is 13.0. The molecule has 0 unspecified atom stereocenters. The van der Waals surface area contributed by atoms with Gasteiger partial charge in [0.25, 0.3) is 0 Å². The zero-order chi connectivity index (χ0) is 18.4. The van der Waals surface area contributed by atoms with E-state index in [1.807, 2.05) is 0 Å². The highest BCUT2D eigenvalue weighted by atomic mass is 16.3. The van der Waals surface area contributed by atoms with Crippen LogP contribution in [0.2, 0.25) is 0 Å². The van der Waals surface area contributed by atoms with Gasteiger partial charge >= 0.3 is 0 Å². The van der Waals surface area contributed by atoms with Crippen LogP contribution in [0.5, 0.6) is 5.75 Å². The number of carbonyl (C=O) groups is 3. The van der Waals surface area contributed by atoms with Crippen molar-refractivity contribution >= 4 is 23.5 Å². The van der Waals surface area contributed by atoms with E-state index in [4.69, 9.17) is 0 Å². The Bertz CT molecular complexity index is 774. The van der Waals surface area contributed by atoms with Gasteiger partial charge in [0.15, 0.2) is 11.6 Å². The van der Waals surface area contributed by atoms with Crippen LogP contribution in [-0.2, 0) is 14.4 Å². The second kappa shape index (κ2) is 6.23. The van der Waals surface area contributed by atoms with E-state index in [0.29, 0.717) is 6.42 Å². The van der Waals surface area contributed by atoms with Crippen LogP contribution < -0.4 is 5.32 Å². The summed E-state index contributed by atoms with van der Waals surface area (Å²) in [4.78, 5) is 43.8. The number of rotatable bonds is 4. The predicted octanol–water partition coefficient (Wildman–Crippen LogP) is 1.70. The van der Waals surface area contributed by atoms with Gasteiger partial charge in [0, 0.05) is 6.20 Å². The molecule has 7 heteroatoms. The van der Waals surface area contributed by atoms with E-state index in [1.165, 1.54) is 12.3 Å². The average molecular weight is 355 g/mol. The van der Waals surface area contributed by atoms with Crippen LogP contribution in [0.15, 0.2) is 30.5 Å². The van der Waals surface area contributed by atoms with Gasteiger partial charge in [-0.05, 0) is 43.2 Å². The fraction of sp³-hybridized carbons (Fsp3) is 0.474. The maximum atomic E-state index is 13.0. The summed E-state index contributed by atoms with van der Waals surface area (Å²) >= 11 is 0. The van der Waals surface area contributed by atoms with Gasteiger partial charge < -0.3 is 10.4 Å². The zero-order valence-corrected chi connectivity index (χ0v) is 14.5. The Morgan fingerprint density at radius 1 is 1.27 bits per heavy atom. The number of anilines is 1. The van der Waals surface area contributed by atoms with Gasteiger partial charge in [-0.2, -0.15) is 0 Å². The van der Waals surface area contributed by atoms with E-state index in [1.54, 1.807) is 13.0 Å². The van der Waals surface area contributed by atoms with Gasteiger partial charge in [-0.15, -0.1) is 0 Å². The minimum atomic E-state index is -0.901. The van der Waals surface area contributed by atoms with Gasteiger partial charge in [-0.3, -0.25) is 19.3 Å². The summed E-state index contributed by atoms with van der Waals surface area (Å²) in [6.45, 7) is 1.76. The normalized spacial score (nSPS) is 30.4. The molecule has 1 aliphatic heterocycles. The lowest BCUT2D eigenvalue weighted by Gasteiger charge is -2.38. The molecule has 2 heterocycles. The molecular weight excluding hydrogens is 334 g/mol. The van der Waals surface area contributed by atoms with Crippen molar-refractivity contribution in [2.45, 2.75) is 32.2 Å². The van der Waals surface area contributed by atoms with E-state index in [-0.39, 0.29) is 47.1 Å². The number of aromatic nitrogens is 1. The molecule has 4 aliphatic rings. The van der Waals surface area contributed by atoms with Crippen LogP contribution in [0.4, 0.5) is 5.82 Å². The van der Waals surface area contributed by atoms with Crippen LogP contribution in [-0.4, -0.2) is 38.8 Å². The third-order valence-corrected chi connectivity index (χ3v) is 5.82. The van der Waals surface area contributed by atoms with Crippen LogP contribution in [0, 0.1) is 23.7 Å². The highest BCUT2D eigenvalue weighted by molar-refractivity contribution is 6.10. The molecule has 5 atom stereocenters. The van der Waals surface area contributed by atoms with Gasteiger partial charge in [-0.1, -0.05) is 19.1 Å². The molecule has 3 amide bonds. The average Bonchev–Trinajstić information content (AvgIpc) is 2.93. The third-order valence-electron chi connectivity index (χ3n) is 5.82. The number of hydrogen-bond acceptors (Lipinski definition) is 5. The summed E-state index contributed by atoms with van der Waals surface area (Å²) in [6.07, 6.45) is 7.69. The van der Waals surface area contributed by atoms with Crippen molar-refractivity contribution in [2.75, 3.05) is 5.32 Å². The van der Waals surface area contributed by atoms with E-state index in [9.17, 15) is 19.5 Å². The number of amides is 3. The van der Waals surface area contributed by atoms with E-state index >= 15 is 0 Å². The Morgan fingerprint density at radius 2 is 1.88 bits per heavy atom. The molecule has 3 aliphatic carbocycles. The molecule has 7 nitrogen and oxygen atoms in total. The number of hydrogen-bond donors (Lipinski definition) is 2. The topological polar surface area (TPSA) is 99.6 Å². The molecule has 5 rings (SSSR count). The molecule has 2 N–H and O–H groups in total. The van der Waals surface area contributed by atoms with Gasteiger partial charge in [0.1, 0.15) is 6.04 Å². The molecular formula is C19H21N3O4. The number of imide groups is 1. The molecule has 1 saturated carbocycles. The fourth-order valence-corrected chi connectivity index (χ4v) is 4.58. The van der Waals surface area contributed by atoms with Crippen molar-refractivity contribution in [3.05, 3.63) is 30.5 Å². The van der Waals surface area contributed by atoms with Crippen molar-refractivity contribution < 1.29 is 19.5 Å². The summed E-state index contributed by atoms with van der Waals surface area (Å²) in [5, 5.41) is 12.3. The summed E-state index contributed by atoms with van der Waals surface area (Å²) in [6, 6.07) is 2.05. The van der Waals surface area contributed by atoms with Crippen molar-refractivity contribution in [2.24, 2.45) is 23.7 Å². The van der Waals surface area contributed by atoms with Crippen LogP contribution >= 0.6 is 0 Å². The molecule has 1 saturated heterocycles. The number of carbonyl (C=O) groups excluding carboxylic acids is 3. The van der Waals surface area contributed by atoms with Crippen LogP contribution in [0.25, 0.3) is 0 Å². The number of allylic oxidation sites excluding steroid dienone is 2. The van der Waals surface area contributed by atoms with Crippen molar-refractivity contribution in [3.63, 3.8) is 0 Å². The van der Waals surface area contributed by atoms with Crippen LogP contribution in [0.3, 0.4) is 0 Å². The van der Waals surface area contributed by atoms with Gasteiger partial charge in [0.2, 0.25) is 17.7 Å². The Balaban J connectivity index is 1.59. The molecule has 0 radical (unpaired) electrons.